The second-order valence-electron chi connectivity index (χ2n) is 8.91. The van der Waals surface area contributed by atoms with Gasteiger partial charge in [0, 0.05) is 26.1 Å². The summed E-state index contributed by atoms with van der Waals surface area (Å²) in [5.41, 5.74) is 7.55. The van der Waals surface area contributed by atoms with Gasteiger partial charge < -0.3 is 20.7 Å². The van der Waals surface area contributed by atoms with Gasteiger partial charge in [-0.25, -0.2) is 4.99 Å². The van der Waals surface area contributed by atoms with E-state index in [0.717, 1.165) is 42.0 Å². The molecule has 3 N–H and O–H groups in total. The van der Waals surface area contributed by atoms with Crippen molar-refractivity contribution in [2.24, 2.45) is 16.1 Å². The second kappa shape index (κ2) is 11.6. The van der Waals surface area contributed by atoms with Gasteiger partial charge in [-0.15, -0.1) is 0 Å². The molecule has 0 bridgehead atoms. The first-order valence-electron chi connectivity index (χ1n) is 10.6. The molecule has 0 unspecified atom stereocenters. The minimum atomic E-state index is 0.0828. The lowest BCUT2D eigenvalue weighted by atomic mass is 9.92. The van der Waals surface area contributed by atoms with E-state index in [1.165, 1.54) is 6.34 Å². The van der Waals surface area contributed by atoms with E-state index in [1.54, 1.807) is 0 Å². The van der Waals surface area contributed by atoms with Crippen molar-refractivity contribution in [3.8, 4) is 5.75 Å². The third-order valence-corrected chi connectivity index (χ3v) is 4.82. The molecule has 1 aromatic carbocycles. The smallest absolute Gasteiger partial charge is 0.221 e. The quantitative estimate of drug-likeness (QED) is 0.444. The van der Waals surface area contributed by atoms with Crippen molar-refractivity contribution in [2.75, 3.05) is 20.1 Å². The predicted molar refractivity (Wildman–Crippen MR) is 124 cm³/mol. The van der Waals surface area contributed by atoms with Crippen LogP contribution in [0.4, 0.5) is 5.69 Å². The number of nitrogens with two attached hydrogens (primary N) is 1. The summed E-state index contributed by atoms with van der Waals surface area (Å²) in [6, 6.07) is 5.80. The molecular formula is C24H36N4O2. The topological polar surface area (TPSA) is 80.0 Å². The molecule has 0 spiro atoms. The number of amides is 1. The van der Waals surface area contributed by atoms with Crippen molar-refractivity contribution in [2.45, 2.75) is 53.0 Å². The summed E-state index contributed by atoms with van der Waals surface area (Å²) in [5, 5.41) is 3.01. The minimum Gasteiger partial charge on any atom is -0.458 e. The Morgan fingerprint density at radius 3 is 2.80 bits per heavy atom. The summed E-state index contributed by atoms with van der Waals surface area (Å²) in [6.45, 7) is 8.54. The van der Waals surface area contributed by atoms with Crippen LogP contribution in [-0.4, -0.2) is 37.3 Å². The van der Waals surface area contributed by atoms with Gasteiger partial charge in [0.05, 0.1) is 12.0 Å². The largest absolute Gasteiger partial charge is 0.458 e. The van der Waals surface area contributed by atoms with Crippen LogP contribution in [0, 0.1) is 5.41 Å². The lowest BCUT2D eigenvalue weighted by Gasteiger charge is -2.20. The van der Waals surface area contributed by atoms with Crippen LogP contribution < -0.4 is 15.8 Å². The van der Waals surface area contributed by atoms with Gasteiger partial charge in [0.25, 0.3) is 0 Å². The molecule has 1 amide bonds. The third kappa shape index (κ3) is 8.82. The Morgan fingerprint density at radius 2 is 2.13 bits per heavy atom. The number of nitrogens with zero attached hydrogens (tertiary/aromatic N) is 2. The summed E-state index contributed by atoms with van der Waals surface area (Å²) in [6.07, 6.45) is 11.0. The van der Waals surface area contributed by atoms with Crippen molar-refractivity contribution in [3.05, 3.63) is 47.7 Å². The zero-order valence-corrected chi connectivity index (χ0v) is 18.8. The fourth-order valence-corrected chi connectivity index (χ4v) is 3.09. The molecule has 6 nitrogen and oxygen atoms in total. The normalized spacial score (nSPS) is 14.2. The number of benzene rings is 1. The van der Waals surface area contributed by atoms with Gasteiger partial charge in [-0.2, -0.15) is 0 Å². The fourth-order valence-electron chi connectivity index (χ4n) is 3.09. The molecule has 0 aliphatic heterocycles. The van der Waals surface area contributed by atoms with Crippen LogP contribution in [0.2, 0.25) is 0 Å². The molecule has 0 radical (unpaired) electrons. The second-order valence-corrected chi connectivity index (χ2v) is 8.91. The molecule has 1 aromatic rings. The molecule has 0 heterocycles. The zero-order chi connectivity index (χ0) is 22.0. The van der Waals surface area contributed by atoms with Gasteiger partial charge >= 0.3 is 0 Å². The highest BCUT2D eigenvalue weighted by Crippen LogP contribution is 2.27. The van der Waals surface area contributed by atoms with Gasteiger partial charge in [0.2, 0.25) is 5.91 Å². The maximum absolute atomic E-state index is 12.1. The summed E-state index contributed by atoms with van der Waals surface area (Å²) >= 11 is 0. The highest BCUT2D eigenvalue weighted by atomic mass is 16.5. The van der Waals surface area contributed by atoms with Gasteiger partial charge in [0.1, 0.15) is 11.5 Å². The molecule has 0 fully saturated rings. The molecule has 0 atom stereocenters. The molecule has 2 rings (SSSR count). The molecule has 1 aliphatic carbocycles. The first kappa shape index (κ1) is 23.7. The molecule has 6 heteroatoms. The predicted octanol–water partition coefficient (Wildman–Crippen LogP) is 4.29. The van der Waals surface area contributed by atoms with Crippen molar-refractivity contribution in [1.82, 2.24) is 10.2 Å². The Balaban J connectivity index is 1.92. The lowest BCUT2D eigenvalue weighted by Crippen LogP contribution is -2.30. The molecule has 0 saturated heterocycles. The van der Waals surface area contributed by atoms with Gasteiger partial charge in [0.15, 0.2) is 0 Å². The van der Waals surface area contributed by atoms with Gasteiger partial charge in [-0.05, 0) is 67.6 Å². The monoisotopic (exact) mass is 412 g/mol. The van der Waals surface area contributed by atoms with Crippen molar-refractivity contribution in [3.63, 3.8) is 0 Å². The summed E-state index contributed by atoms with van der Waals surface area (Å²) in [7, 11) is 2.00. The highest BCUT2D eigenvalue weighted by molar-refractivity contribution is 5.76. The molecule has 0 saturated carbocycles. The van der Waals surface area contributed by atoms with Crippen LogP contribution in [0.15, 0.2) is 47.2 Å². The van der Waals surface area contributed by atoms with E-state index in [4.69, 9.17) is 10.5 Å². The number of carbonyl (C=O) groups excluding carboxylic acids is 1. The fraction of sp³-hybridized carbons (Fsp3) is 0.500. The number of aliphatic imine (C=N–C) groups is 1. The highest BCUT2D eigenvalue weighted by Gasteiger charge is 2.12. The number of carbonyl (C=O) groups is 1. The number of nitrogens with one attached hydrogen (secondary N) is 1. The van der Waals surface area contributed by atoms with Crippen molar-refractivity contribution >= 4 is 17.9 Å². The maximum Gasteiger partial charge on any atom is 0.221 e. The minimum absolute atomic E-state index is 0.0828. The third-order valence-electron chi connectivity index (χ3n) is 4.82. The van der Waals surface area contributed by atoms with E-state index in [1.807, 2.05) is 31.3 Å². The van der Waals surface area contributed by atoms with E-state index < -0.39 is 0 Å². The van der Waals surface area contributed by atoms with Crippen LogP contribution in [-0.2, 0) is 11.3 Å². The maximum atomic E-state index is 12.1. The molecular weight excluding hydrogens is 376 g/mol. The first-order chi connectivity index (χ1) is 14.3. The standard InChI is InChI=1S/C24H36N4O2/c1-24(2,3)13-14-26-23(29)12-15-28(4)17-19-16-21(10-11-22(19)27-18-25)30-20-8-6-5-7-9-20/h6,8-11,16,18H,5,7,12-15,17H2,1-4H3,(H2,25,27)(H,26,29). The summed E-state index contributed by atoms with van der Waals surface area (Å²) in [4.78, 5) is 18.5. The Labute approximate surface area is 180 Å². The average Bonchev–Trinajstić information content (AvgIpc) is 2.68. The van der Waals surface area contributed by atoms with Crippen molar-refractivity contribution in [1.29, 1.82) is 0 Å². The van der Waals surface area contributed by atoms with Crippen LogP contribution in [0.25, 0.3) is 0 Å². The van der Waals surface area contributed by atoms with E-state index in [0.29, 0.717) is 26.1 Å². The number of ether oxygens (including phenoxy) is 1. The summed E-state index contributed by atoms with van der Waals surface area (Å²) < 4.78 is 5.99. The Bertz CT molecular complexity index is 791. The zero-order valence-electron chi connectivity index (χ0n) is 18.8. The van der Waals surface area contributed by atoms with Crippen LogP contribution in [0.5, 0.6) is 5.75 Å². The molecule has 0 aromatic heterocycles. The number of rotatable bonds is 10. The number of hydrogen-bond acceptors (Lipinski definition) is 4. The molecule has 30 heavy (non-hydrogen) atoms. The first-order valence-corrected chi connectivity index (χ1v) is 10.6. The van der Waals surface area contributed by atoms with Gasteiger partial charge in [-0.1, -0.05) is 26.8 Å². The average molecular weight is 413 g/mol. The Hall–Kier alpha value is -2.60. The Kier molecular flexibility index (Phi) is 9.12. The van der Waals surface area contributed by atoms with Crippen molar-refractivity contribution < 1.29 is 9.53 Å². The molecule has 164 valence electrons. The van der Waals surface area contributed by atoms with E-state index in [9.17, 15) is 4.79 Å². The van der Waals surface area contributed by atoms with E-state index >= 15 is 0 Å². The SMILES string of the molecule is CN(CCC(=O)NCCC(C)(C)C)Cc1cc(OC2=CCCC=C2)ccc1N=CN. The van der Waals surface area contributed by atoms with Crippen LogP contribution >= 0.6 is 0 Å². The molecule has 1 aliphatic rings. The van der Waals surface area contributed by atoms with Gasteiger partial charge in [-0.3, -0.25) is 4.79 Å². The summed E-state index contributed by atoms with van der Waals surface area (Å²) in [5.74, 6) is 1.72. The van der Waals surface area contributed by atoms with E-state index in [2.05, 4.69) is 48.1 Å². The van der Waals surface area contributed by atoms with E-state index in [-0.39, 0.29) is 11.3 Å². The van der Waals surface area contributed by atoms with Crippen LogP contribution in [0.1, 0.15) is 52.0 Å². The number of hydrogen-bond donors (Lipinski definition) is 2. The lowest BCUT2D eigenvalue weighted by molar-refractivity contribution is -0.121. The number of allylic oxidation sites excluding steroid dienone is 3. The Morgan fingerprint density at radius 1 is 1.33 bits per heavy atom. The van der Waals surface area contributed by atoms with Crippen LogP contribution in [0.3, 0.4) is 0 Å².